The van der Waals surface area contributed by atoms with Crippen LogP contribution in [-0.4, -0.2) is 42.8 Å². The summed E-state index contributed by atoms with van der Waals surface area (Å²) in [7, 11) is 0. The number of phenolic OH excluding ortho intramolecular Hbond substituents is 1. The fourth-order valence-electron chi connectivity index (χ4n) is 5.73. The zero-order valence-corrected chi connectivity index (χ0v) is 22.6. The molecule has 1 saturated heterocycles. The van der Waals surface area contributed by atoms with Gasteiger partial charge >= 0.3 is 0 Å². The topological polar surface area (TPSA) is 44.7 Å². The molecule has 1 aliphatic carbocycles. The van der Waals surface area contributed by atoms with Gasteiger partial charge in [0.2, 0.25) is 0 Å². The van der Waals surface area contributed by atoms with Crippen molar-refractivity contribution >= 4 is 17.3 Å². The zero-order chi connectivity index (χ0) is 26.0. The molecule has 0 aromatic heterocycles. The summed E-state index contributed by atoms with van der Waals surface area (Å²) in [5, 5.41) is 13.6. The number of benzene rings is 3. The Labute approximate surface area is 228 Å². The monoisotopic (exact) mass is 510 g/mol. The van der Waals surface area contributed by atoms with E-state index in [0.717, 1.165) is 57.6 Å². The Morgan fingerprint density at radius 2 is 1.66 bits per heavy atom. The lowest BCUT2D eigenvalue weighted by Crippen LogP contribution is -2.29. The lowest BCUT2D eigenvalue weighted by Gasteiger charge is -2.19. The molecule has 0 radical (unpaired) electrons. The van der Waals surface area contributed by atoms with Crippen molar-refractivity contribution in [3.05, 3.63) is 89.0 Å². The molecular formula is C34H42N2O2. The minimum atomic E-state index is 0.355. The Balaban J connectivity index is 1.10. The maximum atomic E-state index is 9.87. The summed E-state index contributed by atoms with van der Waals surface area (Å²) in [5.74, 6) is 1.33. The normalized spacial score (nSPS) is 16.2. The van der Waals surface area contributed by atoms with Gasteiger partial charge in [-0.15, -0.1) is 0 Å². The quantitative estimate of drug-likeness (QED) is 0.276. The number of hydrogen-bond acceptors (Lipinski definition) is 4. The van der Waals surface area contributed by atoms with Crippen LogP contribution in [0.1, 0.15) is 67.2 Å². The van der Waals surface area contributed by atoms with Crippen LogP contribution in [0.25, 0.3) is 11.6 Å². The highest BCUT2D eigenvalue weighted by molar-refractivity contribution is 5.88. The molecule has 0 atom stereocenters. The number of nitrogens with one attached hydrogen (secondary N) is 1. The molecule has 38 heavy (non-hydrogen) atoms. The van der Waals surface area contributed by atoms with Gasteiger partial charge in [0.15, 0.2) is 0 Å². The molecular weight excluding hydrogens is 468 g/mol. The van der Waals surface area contributed by atoms with Gasteiger partial charge in [0.05, 0.1) is 0 Å². The van der Waals surface area contributed by atoms with Crippen molar-refractivity contribution in [2.45, 2.75) is 57.8 Å². The van der Waals surface area contributed by atoms with Crippen LogP contribution < -0.4 is 10.1 Å². The van der Waals surface area contributed by atoms with E-state index in [9.17, 15) is 5.11 Å². The molecule has 1 aliphatic heterocycles. The molecule has 1 fully saturated rings. The van der Waals surface area contributed by atoms with Gasteiger partial charge in [0.25, 0.3) is 0 Å². The number of rotatable bonds is 10. The largest absolute Gasteiger partial charge is 0.508 e. The van der Waals surface area contributed by atoms with E-state index >= 15 is 0 Å². The van der Waals surface area contributed by atoms with Crippen molar-refractivity contribution in [1.29, 1.82) is 0 Å². The highest BCUT2D eigenvalue weighted by Gasteiger charge is 2.14. The molecule has 0 bridgehead atoms. The fraction of sp³-hybridized carbons (Fsp3) is 0.412. The molecule has 4 heteroatoms. The van der Waals surface area contributed by atoms with E-state index in [2.05, 4.69) is 64.8 Å². The van der Waals surface area contributed by atoms with Crippen LogP contribution >= 0.6 is 0 Å². The summed E-state index contributed by atoms with van der Waals surface area (Å²) in [6.45, 7) is 5.17. The van der Waals surface area contributed by atoms with Crippen molar-refractivity contribution in [1.82, 2.24) is 4.90 Å². The Kier molecular flexibility index (Phi) is 9.39. The molecule has 4 nitrogen and oxygen atoms in total. The number of allylic oxidation sites excluding steroid dienone is 1. The SMILES string of the molecule is Oc1ccc2c(c1)CCCC(c1ccccc1NCCCc1ccc(OCCN3CCCCCC3)cc1)=C2. The van der Waals surface area contributed by atoms with Gasteiger partial charge < -0.3 is 15.2 Å². The molecule has 2 N–H and O–H groups in total. The first-order valence-corrected chi connectivity index (χ1v) is 14.5. The van der Waals surface area contributed by atoms with Gasteiger partial charge in [-0.25, -0.2) is 0 Å². The lowest BCUT2D eigenvalue weighted by atomic mass is 9.98. The van der Waals surface area contributed by atoms with Crippen LogP contribution in [0, 0.1) is 0 Å². The molecule has 3 aromatic rings. The minimum absolute atomic E-state index is 0.355. The summed E-state index contributed by atoms with van der Waals surface area (Å²) in [6.07, 6.45) is 13.0. The van der Waals surface area contributed by atoms with E-state index in [1.165, 1.54) is 72.3 Å². The summed E-state index contributed by atoms with van der Waals surface area (Å²) < 4.78 is 6.02. The Morgan fingerprint density at radius 1 is 0.842 bits per heavy atom. The predicted molar refractivity (Wildman–Crippen MR) is 159 cm³/mol. The Hall–Kier alpha value is -3.24. The third-order valence-corrected chi connectivity index (χ3v) is 7.88. The van der Waals surface area contributed by atoms with Crippen molar-refractivity contribution < 1.29 is 9.84 Å². The van der Waals surface area contributed by atoms with Crippen molar-refractivity contribution in [2.75, 3.05) is 38.1 Å². The lowest BCUT2D eigenvalue weighted by molar-refractivity contribution is 0.214. The number of likely N-dealkylation sites (tertiary alicyclic amines) is 1. The molecule has 0 unspecified atom stereocenters. The molecule has 0 amide bonds. The second-order valence-electron chi connectivity index (χ2n) is 10.7. The third kappa shape index (κ3) is 7.41. The van der Waals surface area contributed by atoms with E-state index in [4.69, 9.17) is 4.74 Å². The third-order valence-electron chi connectivity index (χ3n) is 7.88. The number of para-hydroxylation sites is 1. The van der Waals surface area contributed by atoms with Crippen LogP contribution in [0.5, 0.6) is 11.5 Å². The molecule has 0 spiro atoms. The first kappa shape index (κ1) is 26.4. The summed E-state index contributed by atoms with van der Waals surface area (Å²) >= 11 is 0. The maximum absolute atomic E-state index is 9.87. The van der Waals surface area contributed by atoms with Crippen LogP contribution in [-0.2, 0) is 12.8 Å². The first-order valence-electron chi connectivity index (χ1n) is 14.5. The Bertz CT molecular complexity index is 1190. The highest BCUT2D eigenvalue weighted by atomic mass is 16.5. The zero-order valence-electron chi connectivity index (χ0n) is 22.6. The van der Waals surface area contributed by atoms with Gasteiger partial charge in [0.1, 0.15) is 18.1 Å². The second-order valence-corrected chi connectivity index (χ2v) is 10.7. The highest BCUT2D eigenvalue weighted by Crippen LogP contribution is 2.34. The standard InChI is InChI=1S/C34H42N2O2/c37-31-17-16-29-25-30(11-7-10-28(29)26-31)33-12-3-4-13-34(33)35-20-8-9-27-14-18-32(19-15-27)38-24-23-36-21-5-1-2-6-22-36/h3-4,12-19,25-26,35,37H,1-2,5-11,20-24H2. The Morgan fingerprint density at radius 3 is 2.50 bits per heavy atom. The van der Waals surface area contributed by atoms with E-state index in [1.54, 1.807) is 6.07 Å². The molecule has 0 saturated carbocycles. The van der Waals surface area contributed by atoms with Crippen LogP contribution in [0.4, 0.5) is 5.69 Å². The van der Waals surface area contributed by atoms with Crippen LogP contribution in [0.15, 0.2) is 66.7 Å². The smallest absolute Gasteiger partial charge is 0.119 e. The molecule has 2 aliphatic rings. The van der Waals surface area contributed by atoms with Gasteiger partial charge in [-0.3, -0.25) is 4.90 Å². The number of nitrogens with zero attached hydrogens (tertiary/aromatic N) is 1. The maximum Gasteiger partial charge on any atom is 0.119 e. The van der Waals surface area contributed by atoms with Crippen LogP contribution in [0.3, 0.4) is 0 Å². The number of anilines is 1. The molecule has 3 aromatic carbocycles. The molecule has 5 rings (SSSR count). The number of hydrogen-bond donors (Lipinski definition) is 2. The summed E-state index contributed by atoms with van der Waals surface area (Å²) in [5.41, 5.74) is 7.67. The summed E-state index contributed by atoms with van der Waals surface area (Å²) in [4.78, 5) is 2.55. The first-order chi connectivity index (χ1) is 18.7. The number of aryl methyl sites for hydroxylation is 2. The average molecular weight is 511 g/mol. The van der Waals surface area contributed by atoms with Crippen LogP contribution in [0.2, 0.25) is 0 Å². The number of fused-ring (bicyclic) bond motifs is 1. The van der Waals surface area contributed by atoms with Gasteiger partial charge in [-0.05, 0) is 111 Å². The van der Waals surface area contributed by atoms with E-state index in [0.29, 0.717) is 5.75 Å². The van der Waals surface area contributed by atoms with E-state index in [1.807, 2.05) is 12.1 Å². The van der Waals surface area contributed by atoms with Crippen molar-refractivity contribution in [3.8, 4) is 11.5 Å². The van der Waals surface area contributed by atoms with Gasteiger partial charge in [-0.2, -0.15) is 0 Å². The van der Waals surface area contributed by atoms with Gasteiger partial charge in [0, 0.05) is 24.3 Å². The number of phenols is 1. The number of ether oxygens (including phenoxy) is 1. The fourth-order valence-corrected chi connectivity index (χ4v) is 5.73. The summed E-state index contributed by atoms with van der Waals surface area (Å²) in [6, 6.07) is 23.1. The van der Waals surface area contributed by atoms with E-state index < -0.39 is 0 Å². The van der Waals surface area contributed by atoms with E-state index in [-0.39, 0.29) is 0 Å². The van der Waals surface area contributed by atoms with Crippen molar-refractivity contribution in [3.63, 3.8) is 0 Å². The average Bonchev–Trinajstić information content (AvgIpc) is 3.33. The molecule has 1 heterocycles. The minimum Gasteiger partial charge on any atom is -0.508 e. The van der Waals surface area contributed by atoms with Gasteiger partial charge in [-0.1, -0.05) is 55.3 Å². The van der Waals surface area contributed by atoms with Crippen molar-refractivity contribution in [2.24, 2.45) is 0 Å². The molecule has 200 valence electrons. The second kappa shape index (κ2) is 13.5. The number of aromatic hydroxyl groups is 1. The predicted octanol–water partition coefficient (Wildman–Crippen LogP) is 7.57.